The van der Waals surface area contributed by atoms with Gasteiger partial charge in [-0.15, -0.1) is 0 Å². The fourth-order valence-electron chi connectivity index (χ4n) is 1.68. The van der Waals surface area contributed by atoms with Gasteiger partial charge >= 0.3 is 0 Å². The highest BCUT2D eigenvalue weighted by Gasteiger charge is 2.11. The summed E-state index contributed by atoms with van der Waals surface area (Å²) in [6.07, 6.45) is 1.42. The molecule has 0 aliphatic rings. The molecule has 0 aliphatic carbocycles. The van der Waals surface area contributed by atoms with Crippen LogP contribution in [0.1, 0.15) is 5.56 Å². The summed E-state index contributed by atoms with van der Waals surface area (Å²) in [4.78, 5) is 12.1. The number of carbonyl (C=O) groups is 1. The van der Waals surface area contributed by atoms with E-state index in [9.17, 15) is 9.90 Å². The molecule has 1 amide bonds. The van der Waals surface area contributed by atoms with E-state index in [-0.39, 0.29) is 11.3 Å². The minimum Gasteiger partial charge on any atom is -0.508 e. The van der Waals surface area contributed by atoms with Crippen molar-refractivity contribution in [3.05, 3.63) is 64.1 Å². The van der Waals surface area contributed by atoms with Gasteiger partial charge in [-0.2, -0.15) is 5.26 Å². The van der Waals surface area contributed by atoms with Crippen molar-refractivity contribution in [1.29, 1.82) is 5.26 Å². The van der Waals surface area contributed by atoms with Crippen LogP contribution in [-0.4, -0.2) is 11.0 Å². The third-order valence-electron chi connectivity index (χ3n) is 2.67. The Kier molecular flexibility index (Phi) is 4.75. The maximum atomic E-state index is 12.1. The van der Waals surface area contributed by atoms with E-state index in [1.54, 1.807) is 30.3 Å². The van der Waals surface area contributed by atoms with Crippen molar-refractivity contribution >= 4 is 33.6 Å². The van der Waals surface area contributed by atoms with Crippen LogP contribution in [0.3, 0.4) is 0 Å². The van der Waals surface area contributed by atoms with E-state index in [0.29, 0.717) is 11.3 Å². The first kappa shape index (κ1) is 14.8. The Balaban J connectivity index is 2.24. The first-order valence-electron chi connectivity index (χ1n) is 6.07. The Bertz CT molecular complexity index is 748. The summed E-state index contributed by atoms with van der Waals surface area (Å²) in [5.41, 5.74) is 1.12. The molecule has 0 unspecified atom stereocenters. The number of benzene rings is 2. The quantitative estimate of drug-likeness (QED) is 0.659. The third-order valence-corrected chi connectivity index (χ3v) is 3.36. The molecular formula is C16H11BrN2O2. The number of aromatic hydroxyl groups is 1. The minimum atomic E-state index is -0.507. The molecule has 2 aromatic rings. The van der Waals surface area contributed by atoms with Gasteiger partial charge in [-0.3, -0.25) is 4.79 Å². The van der Waals surface area contributed by atoms with E-state index in [1.807, 2.05) is 12.1 Å². The highest BCUT2D eigenvalue weighted by Crippen LogP contribution is 2.22. The summed E-state index contributed by atoms with van der Waals surface area (Å²) in [5.74, 6) is -0.431. The fourth-order valence-corrected chi connectivity index (χ4v) is 2.07. The van der Waals surface area contributed by atoms with Crippen molar-refractivity contribution in [3.8, 4) is 11.8 Å². The van der Waals surface area contributed by atoms with Gasteiger partial charge < -0.3 is 10.4 Å². The molecule has 5 heteroatoms. The van der Waals surface area contributed by atoms with E-state index in [4.69, 9.17) is 5.26 Å². The fraction of sp³-hybridized carbons (Fsp3) is 0. The summed E-state index contributed by atoms with van der Waals surface area (Å²) in [6, 6.07) is 15.3. The molecule has 21 heavy (non-hydrogen) atoms. The average Bonchev–Trinajstić information content (AvgIpc) is 2.47. The number of carbonyl (C=O) groups excluding carboxylic acids is 1. The van der Waals surface area contributed by atoms with Gasteiger partial charge in [-0.1, -0.05) is 24.3 Å². The van der Waals surface area contributed by atoms with Crippen molar-refractivity contribution in [2.75, 3.05) is 5.32 Å². The molecule has 0 radical (unpaired) electrons. The molecule has 0 heterocycles. The van der Waals surface area contributed by atoms with Gasteiger partial charge in [0.1, 0.15) is 17.4 Å². The van der Waals surface area contributed by atoms with Crippen LogP contribution < -0.4 is 5.32 Å². The predicted octanol–water partition coefficient (Wildman–Crippen LogP) is 3.70. The van der Waals surface area contributed by atoms with Crippen LogP contribution in [-0.2, 0) is 4.79 Å². The Morgan fingerprint density at radius 3 is 2.67 bits per heavy atom. The summed E-state index contributed by atoms with van der Waals surface area (Å²) in [6.45, 7) is 0. The SMILES string of the molecule is N#C/C(=C\c1cccc(O)c1)C(=O)Nc1ccccc1Br. The molecule has 0 saturated carbocycles. The molecule has 2 aromatic carbocycles. The summed E-state index contributed by atoms with van der Waals surface area (Å²) < 4.78 is 0.730. The van der Waals surface area contributed by atoms with E-state index in [2.05, 4.69) is 21.2 Å². The molecule has 2 rings (SSSR count). The molecule has 0 atom stereocenters. The monoisotopic (exact) mass is 342 g/mol. The molecule has 0 fully saturated rings. The highest BCUT2D eigenvalue weighted by molar-refractivity contribution is 9.10. The number of phenols is 1. The number of nitrogens with one attached hydrogen (secondary N) is 1. The number of rotatable bonds is 3. The van der Waals surface area contributed by atoms with Crippen LogP contribution >= 0.6 is 15.9 Å². The number of para-hydroxylation sites is 1. The zero-order valence-electron chi connectivity index (χ0n) is 10.9. The van der Waals surface area contributed by atoms with Crippen molar-refractivity contribution in [2.45, 2.75) is 0 Å². The summed E-state index contributed by atoms with van der Waals surface area (Å²) in [7, 11) is 0. The van der Waals surface area contributed by atoms with Crippen LogP contribution in [0, 0.1) is 11.3 Å². The third kappa shape index (κ3) is 3.94. The van der Waals surface area contributed by atoms with Gasteiger partial charge in [-0.05, 0) is 51.8 Å². The second kappa shape index (κ2) is 6.73. The molecule has 2 N–H and O–H groups in total. The van der Waals surface area contributed by atoms with Crippen molar-refractivity contribution < 1.29 is 9.90 Å². The van der Waals surface area contributed by atoms with Crippen molar-refractivity contribution in [1.82, 2.24) is 0 Å². The lowest BCUT2D eigenvalue weighted by Gasteiger charge is -2.06. The van der Waals surface area contributed by atoms with Gasteiger partial charge in [0.2, 0.25) is 0 Å². The minimum absolute atomic E-state index is 0.0450. The van der Waals surface area contributed by atoms with E-state index >= 15 is 0 Å². The maximum absolute atomic E-state index is 12.1. The molecule has 0 aliphatic heterocycles. The molecule has 0 aromatic heterocycles. The number of nitriles is 1. The van der Waals surface area contributed by atoms with E-state index in [1.165, 1.54) is 18.2 Å². The normalized spacial score (nSPS) is 10.8. The highest BCUT2D eigenvalue weighted by atomic mass is 79.9. The zero-order valence-corrected chi connectivity index (χ0v) is 12.5. The Hall–Kier alpha value is -2.58. The van der Waals surface area contributed by atoms with Crippen molar-refractivity contribution in [2.24, 2.45) is 0 Å². The van der Waals surface area contributed by atoms with Crippen LogP contribution in [0.15, 0.2) is 58.6 Å². The van der Waals surface area contributed by atoms with Crippen LogP contribution in [0.25, 0.3) is 6.08 Å². The van der Waals surface area contributed by atoms with Gasteiger partial charge in [0, 0.05) is 4.47 Å². The maximum Gasteiger partial charge on any atom is 0.266 e. The first-order valence-corrected chi connectivity index (χ1v) is 6.86. The molecule has 0 saturated heterocycles. The predicted molar refractivity (Wildman–Crippen MR) is 84.5 cm³/mol. The smallest absolute Gasteiger partial charge is 0.266 e. The lowest BCUT2D eigenvalue weighted by Crippen LogP contribution is -2.13. The number of anilines is 1. The molecule has 104 valence electrons. The molecule has 4 nitrogen and oxygen atoms in total. The standard InChI is InChI=1S/C16H11BrN2O2/c17-14-6-1-2-7-15(14)19-16(21)12(10-18)8-11-4-3-5-13(20)9-11/h1-9,20H,(H,19,21)/b12-8+. The van der Waals surface area contributed by atoms with Crippen molar-refractivity contribution in [3.63, 3.8) is 0 Å². The van der Waals surface area contributed by atoms with E-state index < -0.39 is 5.91 Å². The number of hydrogen-bond donors (Lipinski definition) is 2. The Morgan fingerprint density at radius 2 is 2.00 bits per heavy atom. The summed E-state index contributed by atoms with van der Waals surface area (Å²) >= 11 is 3.32. The van der Waals surface area contributed by atoms with Crippen LogP contribution in [0.2, 0.25) is 0 Å². The Morgan fingerprint density at radius 1 is 1.24 bits per heavy atom. The zero-order chi connectivity index (χ0) is 15.2. The largest absolute Gasteiger partial charge is 0.508 e. The number of hydrogen-bond acceptors (Lipinski definition) is 3. The lowest BCUT2D eigenvalue weighted by atomic mass is 10.1. The molecule has 0 spiro atoms. The first-order chi connectivity index (χ1) is 10.1. The number of amides is 1. The van der Waals surface area contributed by atoms with Crippen LogP contribution in [0.5, 0.6) is 5.75 Å². The molecular weight excluding hydrogens is 332 g/mol. The summed E-state index contributed by atoms with van der Waals surface area (Å²) in [5, 5.41) is 21.2. The van der Waals surface area contributed by atoms with Crippen LogP contribution in [0.4, 0.5) is 5.69 Å². The lowest BCUT2D eigenvalue weighted by molar-refractivity contribution is -0.112. The van der Waals surface area contributed by atoms with Gasteiger partial charge in [0.25, 0.3) is 5.91 Å². The second-order valence-electron chi connectivity index (χ2n) is 4.20. The van der Waals surface area contributed by atoms with E-state index in [0.717, 1.165) is 4.47 Å². The van der Waals surface area contributed by atoms with Gasteiger partial charge in [0.05, 0.1) is 5.69 Å². The number of nitrogens with zero attached hydrogens (tertiary/aromatic N) is 1. The number of phenolic OH excluding ortho intramolecular Hbond substituents is 1. The molecule has 0 bridgehead atoms. The average molecular weight is 343 g/mol. The number of halogens is 1. The van der Waals surface area contributed by atoms with Gasteiger partial charge in [-0.25, -0.2) is 0 Å². The van der Waals surface area contributed by atoms with Gasteiger partial charge in [0.15, 0.2) is 0 Å². The topological polar surface area (TPSA) is 73.1 Å². The second-order valence-corrected chi connectivity index (χ2v) is 5.05. The Labute approximate surface area is 130 Å².